The molecule has 0 N–H and O–H groups in total. The first-order valence-electron chi connectivity index (χ1n) is 10.4. The largest absolute Gasteiger partial charge is 0.466 e. The van der Waals surface area contributed by atoms with Crippen molar-refractivity contribution in [3.63, 3.8) is 0 Å². The average molecular weight is 351 g/mol. The zero-order valence-corrected chi connectivity index (χ0v) is 17.0. The quantitative estimate of drug-likeness (QED) is 0.628. The van der Waals surface area contributed by atoms with Gasteiger partial charge in [-0.05, 0) is 80.5 Å². The SMILES string of the molecule is CC(=O)OC[C@H]1CCO[C@]2(C)CC[C@H]3C(C)(C)CCC[C@]3(C)[C@H]2CC1. The van der Waals surface area contributed by atoms with Crippen LogP contribution in [0.4, 0.5) is 0 Å². The molecule has 0 spiro atoms. The predicted octanol–water partition coefficient (Wildman–Crippen LogP) is 5.37. The highest BCUT2D eigenvalue weighted by molar-refractivity contribution is 5.65. The zero-order valence-electron chi connectivity index (χ0n) is 17.0. The van der Waals surface area contributed by atoms with Crippen molar-refractivity contribution in [3.05, 3.63) is 0 Å². The number of hydrogen-bond acceptors (Lipinski definition) is 3. The van der Waals surface area contributed by atoms with Gasteiger partial charge in [0.1, 0.15) is 0 Å². The van der Waals surface area contributed by atoms with Crippen LogP contribution in [-0.4, -0.2) is 24.8 Å². The summed E-state index contributed by atoms with van der Waals surface area (Å²) in [5.41, 5.74) is 0.872. The molecule has 25 heavy (non-hydrogen) atoms. The molecule has 0 bridgehead atoms. The van der Waals surface area contributed by atoms with Crippen LogP contribution in [0.2, 0.25) is 0 Å². The van der Waals surface area contributed by atoms with Gasteiger partial charge in [-0.1, -0.05) is 27.2 Å². The Morgan fingerprint density at radius 1 is 1.00 bits per heavy atom. The van der Waals surface area contributed by atoms with Crippen molar-refractivity contribution in [2.45, 2.75) is 91.6 Å². The summed E-state index contributed by atoms with van der Waals surface area (Å²) in [6.07, 6.45) is 9.98. The number of carbonyl (C=O) groups is 1. The smallest absolute Gasteiger partial charge is 0.302 e. The summed E-state index contributed by atoms with van der Waals surface area (Å²) < 4.78 is 11.9. The third kappa shape index (κ3) is 3.63. The predicted molar refractivity (Wildman–Crippen MR) is 100 cm³/mol. The summed E-state index contributed by atoms with van der Waals surface area (Å²) in [6.45, 7) is 12.8. The Hall–Kier alpha value is -0.570. The molecule has 5 atom stereocenters. The lowest BCUT2D eigenvalue weighted by molar-refractivity contribution is -0.201. The lowest BCUT2D eigenvalue weighted by Crippen LogP contribution is -2.59. The molecule has 0 aromatic rings. The summed E-state index contributed by atoms with van der Waals surface area (Å²) in [5.74, 6) is 1.72. The third-order valence-electron chi connectivity index (χ3n) is 8.08. The second kappa shape index (κ2) is 6.87. The van der Waals surface area contributed by atoms with Gasteiger partial charge in [0.2, 0.25) is 0 Å². The van der Waals surface area contributed by atoms with Crippen LogP contribution in [0.1, 0.15) is 86.0 Å². The molecule has 0 aromatic heterocycles. The van der Waals surface area contributed by atoms with Crippen LogP contribution in [0.25, 0.3) is 0 Å². The van der Waals surface area contributed by atoms with Crippen molar-refractivity contribution >= 4 is 5.97 Å². The molecule has 0 amide bonds. The molecule has 3 aliphatic rings. The number of esters is 1. The van der Waals surface area contributed by atoms with E-state index in [0.29, 0.717) is 29.3 Å². The van der Waals surface area contributed by atoms with Crippen LogP contribution in [0.3, 0.4) is 0 Å². The first-order chi connectivity index (χ1) is 11.7. The second-order valence-electron chi connectivity index (χ2n) is 10.2. The highest BCUT2D eigenvalue weighted by atomic mass is 16.5. The summed E-state index contributed by atoms with van der Waals surface area (Å²) in [5, 5.41) is 0. The van der Waals surface area contributed by atoms with E-state index < -0.39 is 0 Å². The minimum Gasteiger partial charge on any atom is -0.466 e. The van der Waals surface area contributed by atoms with Crippen molar-refractivity contribution in [2.75, 3.05) is 13.2 Å². The van der Waals surface area contributed by atoms with Crippen LogP contribution in [0, 0.1) is 28.6 Å². The molecule has 144 valence electrons. The lowest BCUT2D eigenvalue weighted by atomic mass is 9.45. The van der Waals surface area contributed by atoms with E-state index in [1.807, 2.05) is 0 Å². The van der Waals surface area contributed by atoms with Gasteiger partial charge in [0.15, 0.2) is 0 Å². The molecule has 0 radical (unpaired) electrons. The highest BCUT2D eigenvalue weighted by Gasteiger charge is 2.58. The van der Waals surface area contributed by atoms with Crippen LogP contribution in [-0.2, 0) is 14.3 Å². The normalized spacial score (nSPS) is 44.0. The summed E-state index contributed by atoms with van der Waals surface area (Å²) in [7, 11) is 0. The van der Waals surface area contributed by atoms with Crippen molar-refractivity contribution in [3.8, 4) is 0 Å². The molecule has 0 aromatic carbocycles. The Bertz CT molecular complexity index is 500. The molecule has 1 heterocycles. The Morgan fingerprint density at radius 2 is 1.76 bits per heavy atom. The molecular weight excluding hydrogens is 312 g/mol. The zero-order chi connectivity index (χ0) is 18.3. The number of ether oxygens (including phenoxy) is 2. The Labute approximate surface area is 154 Å². The van der Waals surface area contributed by atoms with E-state index in [-0.39, 0.29) is 11.6 Å². The van der Waals surface area contributed by atoms with Gasteiger partial charge < -0.3 is 9.47 Å². The van der Waals surface area contributed by atoms with Gasteiger partial charge >= 0.3 is 5.97 Å². The summed E-state index contributed by atoms with van der Waals surface area (Å²) >= 11 is 0. The van der Waals surface area contributed by atoms with E-state index >= 15 is 0 Å². The fraction of sp³-hybridized carbons (Fsp3) is 0.955. The maximum atomic E-state index is 11.2. The second-order valence-corrected chi connectivity index (χ2v) is 10.2. The van der Waals surface area contributed by atoms with Gasteiger partial charge in [-0.25, -0.2) is 0 Å². The lowest BCUT2D eigenvalue weighted by Gasteiger charge is -2.62. The van der Waals surface area contributed by atoms with Crippen molar-refractivity contribution in [1.29, 1.82) is 0 Å². The van der Waals surface area contributed by atoms with Crippen molar-refractivity contribution in [1.82, 2.24) is 0 Å². The van der Waals surface area contributed by atoms with Gasteiger partial charge in [0, 0.05) is 13.5 Å². The number of carbonyl (C=O) groups excluding carboxylic acids is 1. The first kappa shape index (κ1) is 19.2. The van der Waals surface area contributed by atoms with Gasteiger partial charge in [-0.15, -0.1) is 0 Å². The third-order valence-corrected chi connectivity index (χ3v) is 8.08. The maximum absolute atomic E-state index is 11.2. The van der Waals surface area contributed by atoms with Gasteiger partial charge in [-0.3, -0.25) is 4.79 Å². The monoisotopic (exact) mass is 350 g/mol. The standard InChI is InChI=1S/C22H38O3/c1-16(23)24-15-17-7-8-19-21(4)12-6-11-20(2,3)18(21)9-13-22(19,5)25-14-10-17/h17-19H,6-15H2,1-5H3/t17-,18+,19-,21+,22-/m1/s1. The molecular formula is C22H38O3. The molecule has 1 saturated heterocycles. The number of hydrogen-bond donors (Lipinski definition) is 0. The highest BCUT2D eigenvalue weighted by Crippen LogP contribution is 2.64. The molecule has 2 saturated carbocycles. The van der Waals surface area contributed by atoms with E-state index in [1.54, 1.807) is 0 Å². The first-order valence-corrected chi connectivity index (χ1v) is 10.4. The van der Waals surface area contributed by atoms with Gasteiger partial charge in [0.25, 0.3) is 0 Å². The van der Waals surface area contributed by atoms with E-state index in [2.05, 4.69) is 27.7 Å². The van der Waals surface area contributed by atoms with Gasteiger partial charge in [0.05, 0.1) is 12.2 Å². The topological polar surface area (TPSA) is 35.5 Å². The van der Waals surface area contributed by atoms with E-state index in [4.69, 9.17) is 9.47 Å². The summed E-state index contributed by atoms with van der Waals surface area (Å²) in [6, 6.07) is 0. The Morgan fingerprint density at radius 3 is 2.48 bits per heavy atom. The Balaban J connectivity index is 1.79. The van der Waals surface area contributed by atoms with Crippen LogP contribution in [0.15, 0.2) is 0 Å². The van der Waals surface area contributed by atoms with Gasteiger partial charge in [-0.2, -0.15) is 0 Å². The maximum Gasteiger partial charge on any atom is 0.302 e. The molecule has 3 fully saturated rings. The molecule has 3 nitrogen and oxygen atoms in total. The van der Waals surface area contributed by atoms with E-state index in [0.717, 1.165) is 18.9 Å². The number of fused-ring (bicyclic) bond motifs is 3. The van der Waals surface area contributed by atoms with Crippen LogP contribution < -0.4 is 0 Å². The fourth-order valence-corrected chi connectivity index (χ4v) is 6.82. The Kier molecular flexibility index (Phi) is 5.27. The molecule has 0 unspecified atom stereocenters. The van der Waals surface area contributed by atoms with Crippen LogP contribution in [0.5, 0.6) is 0 Å². The molecule has 3 heteroatoms. The van der Waals surface area contributed by atoms with Crippen LogP contribution >= 0.6 is 0 Å². The minimum absolute atomic E-state index is 0.0328. The average Bonchev–Trinajstić information content (AvgIpc) is 2.48. The van der Waals surface area contributed by atoms with E-state index in [9.17, 15) is 4.79 Å². The summed E-state index contributed by atoms with van der Waals surface area (Å²) in [4.78, 5) is 11.2. The van der Waals surface area contributed by atoms with Crippen molar-refractivity contribution in [2.24, 2.45) is 28.6 Å². The molecule has 1 aliphatic heterocycles. The molecule has 3 rings (SSSR count). The van der Waals surface area contributed by atoms with Crippen molar-refractivity contribution < 1.29 is 14.3 Å². The van der Waals surface area contributed by atoms with E-state index in [1.165, 1.54) is 51.9 Å². The fourth-order valence-electron chi connectivity index (χ4n) is 6.82. The number of rotatable bonds is 2. The molecule has 2 aliphatic carbocycles. The minimum atomic E-state index is -0.161.